The van der Waals surface area contributed by atoms with E-state index in [0.29, 0.717) is 44.3 Å². The van der Waals surface area contributed by atoms with E-state index in [4.69, 9.17) is 33.3 Å². The number of rotatable bonds is 40. The van der Waals surface area contributed by atoms with Crippen molar-refractivity contribution in [1.29, 1.82) is 0 Å². The second-order valence-electron chi connectivity index (χ2n) is 18.5. The lowest BCUT2D eigenvalue weighted by atomic mass is 10.0. The summed E-state index contributed by atoms with van der Waals surface area (Å²) in [5, 5.41) is 6.07. The van der Waals surface area contributed by atoms with Crippen molar-refractivity contribution >= 4 is 41.5 Å². The molecule has 0 aromatic carbocycles. The van der Waals surface area contributed by atoms with Gasteiger partial charge in [-0.25, -0.2) is 9.59 Å². The summed E-state index contributed by atoms with van der Waals surface area (Å²) in [7, 11) is 0. The van der Waals surface area contributed by atoms with Crippen molar-refractivity contribution in [1.82, 2.24) is 15.7 Å². The molecule has 0 aromatic rings. The fraction of sp³-hybridized carbons (Fsp3) is 0.854. The SMILES string of the molecule is CC(C)(C)OC(=O)CCCCCCCCCCCCCCCCCCC(=O)N[C@@H](CCC(=O)NCCOCCOCCOCCOCCC(=O)ON1C(=O)CCC1=O)C(=O)OC(C)(C)C. The minimum atomic E-state index is -0.919. The second kappa shape index (κ2) is 36.4. The van der Waals surface area contributed by atoms with Crippen LogP contribution in [0.4, 0.5) is 0 Å². The van der Waals surface area contributed by atoms with Crippen LogP contribution in [0, 0.1) is 0 Å². The Labute approximate surface area is 389 Å². The zero-order valence-electron chi connectivity index (χ0n) is 40.9. The number of carbonyl (C=O) groups is 7. The van der Waals surface area contributed by atoms with Crippen LogP contribution in [0.1, 0.15) is 189 Å². The third-order valence-corrected chi connectivity index (χ3v) is 9.98. The summed E-state index contributed by atoms with van der Waals surface area (Å²) in [5.74, 6) is -2.91. The molecule has 0 unspecified atom stereocenters. The van der Waals surface area contributed by atoms with Crippen LogP contribution < -0.4 is 10.6 Å². The highest BCUT2D eigenvalue weighted by Crippen LogP contribution is 2.17. The zero-order chi connectivity index (χ0) is 48.2. The lowest BCUT2D eigenvalue weighted by Crippen LogP contribution is -2.44. The van der Waals surface area contributed by atoms with Gasteiger partial charge < -0.3 is 43.9 Å². The smallest absolute Gasteiger partial charge is 0.335 e. The molecule has 1 aliphatic heterocycles. The molecule has 17 heteroatoms. The van der Waals surface area contributed by atoms with Crippen molar-refractivity contribution in [2.45, 2.75) is 206 Å². The summed E-state index contributed by atoms with van der Waals surface area (Å²) in [6, 6.07) is -0.919. The Kier molecular flexibility index (Phi) is 33.3. The van der Waals surface area contributed by atoms with Crippen molar-refractivity contribution in [3.8, 4) is 0 Å². The number of amides is 4. The second-order valence-corrected chi connectivity index (χ2v) is 18.5. The Balaban J connectivity index is 2.03. The number of nitrogens with zero attached hydrogens (tertiary/aromatic N) is 1. The molecule has 1 rings (SSSR count). The van der Waals surface area contributed by atoms with Crippen molar-refractivity contribution in [2.75, 3.05) is 59.4 Å². The topological polar surface area (TPSA) is 211 Å². The Morgan fingerprint density at radius 3 is 1.37 bits per heavy atom. The van der Waals surface area contributed by atoms with Gasteiger partial charge in [0.05, 0.1) is 59.3 Å². The molecular weight excluding hydrogens is 843 g/mol. The van der Waals surface area contributed by atoms with E-state index in [1.165, 1.54) is 64.2 Å². The van der Waals surface area contributed by atoms with Gasteiger partial charge in [-0.2, -0.15) is 0 Å². The number of esters is 2. The molecule has 0 saturated carbocycles. The summed E-state index contributed by atoms with van der Waals surface area (Å²) in [6.07, 6.45) is 19.5. The Morgan fingerprint density at radius 1 is 0.492 bits per heavy atom. The normalized spacial score (nSPS) is 13.5. The Hall–Kier alpha value is -3.67. The number of ether oxygens (including phenoxy) is 6. The van der Waals surface area contributed by atoms with Crippen molar-refractivity contribution < 1.29 is 66.8 Å². The first-order chi connectivity index (χ1) is 31.0. The van der Waals surface area contributed by atoms with Crippen LogP contribution in [-0.2, 0) is 66.8 Å². The fourth-order valence-electron chi connectivity index (χ4n) is 6.66. The van der Waals surface area contributed by atoms with Crippen molar-refractivity contribution in [3.05, 3.63) is 0 Å². The maximum atomic E-state index is 12.9. The maximum absolute atomic E-state index is 12.9. The van der Waals surface area contributed by atoms with Crippen LogP contribution >= 0.6 is 0 Å². The van der Waals surface area contributed by atoms with E-state index in [-0.39, 0.29) is 82.9 Å². The van der Waals surface area contributed by atoms with Gasteiger partial charge in [-0.15, -0.1) is 5.06 Å². The number of carbonyl (C=O) groups excluding carboxylic acids is 7. The quantitative estimate of drug-likeness (QED) is 0.0356. The van der Waals surface area contributed by atoms with E-state index in [2.05, 4.69) is 10.6 Å². The number of hydroxylamine groups is 2. The van der Waals surface area contributed by atoms with Crippen molar-refractivity contribution in [3.63, 3.8) is 0 Å². The number of nitrogens with one attached hydrogen (secondary N) is 2. The molecule has 0 aromatic heterocycles. The molecular formula is C48H85N3O14. The highest BCUT2D eigenvalue weighted by Gasteiger charge is 2.33. The summed E-state index contributed by atoms with van der Waals surface area (Å²) >= 11 is 0. The Bertz CT molecular complexity index is 1350. The fourth-order valence-corrected chi connectivity index (χ4v) is 6.66. The van der Waals surface area contributed by atoms with E-state index in [1.54, 1.807) is 20.8 Å². The van der Waals surface area contributed by atoms with Gasteiger partial charge in [0.2, 0.25) is 11.8 Å². The van der Waals surface area contributed by atoms with Gasteiger partial charge in [-0.05, 0) is 60.8 Å². The molecule has 65 heavy (non-hydrogen) atoms. The van der Waals surface area contributed by atoms with Crippen molar-refractivity contribution in [2.24, 2.45) is 0 Å². The van der Waals surface area contributed by atoms with E-state index >= 15 is 0 Å². The van der Waals surface area contributed by atoms with Crippen LogP contribution in [-0.4, -0.2) is 123 Å². The summed E-state index contributed by atoms with van der Waals surface area (Å²) in [4.78, 5) is 89.4. The average molecular weight is 928 g/mol. The molecule has 376 valence electrons. The minimum Gasteiger partial charge on any atom is -0.460 e. The van der Waals surface area contributed by atoms with Gasteiger partial charge in [0.15, 0.2) is 0 Å². The highest BCUT2D eigenvalue weighted by atomic mass is 16.7. The van der Waals surface area contributed by atoms with E-state index in [0.717, 1.165) is 38.5 Å². The molecule has 4 amide bonds. The number of imide groups is 1. The molecule has 1 atom stereocenters. The molecule has 0 aliphatic carbocycles. The maximum Gasteiger partial charge on any atom is 0.335 e. The molecule has 1 aliphatic rings. The van der Waals surface area contributed by atoms with Gasteiger partial charge in [-0.1, -0.05) is 89.9 Å². The van der Waals surface area contributed by atoms with Gasteiger partial charge in [0.25, 0.3) is 11.8 Å². The molecule has 0 bridgehead atoms. The van der Waals surface area contributed by atoms with Gasteiger partial charge in [0, 0.05) is 38.6 Å². The Morgan fingerprint density at radius 2 is 0.908 bits per heavy atom. The first-order valence-corrected chi connectivity index (χ1v) is 24.3. The molecule has 0 spiro atoms. The summed E-state index contributed by atoms with van der Waals surface area (Å²) < 4.78 is 32.6. The molecule has 1 saturated heterocycles. The lowest BCUT2D eigenvalue weighted by Gasteiger charge is -2.24. The first kappa shape index (κ1) is 59.3. The predicted molar refractivity (Wildman–Crippen MR) is 244 cm³/mol. The molecule has 1 heterocycles. The van der Waals surface area contributed by atoms with Crippen LogP contribution in [0.15, 0.2) is 0 Å². The van der Waals surface area contributed by atoms with E-state index < -0.39 is 41.0 Å². The average Bonchev–Trinajstić information content (AvgIpc) is 3.53. The molecule has 2 N–H and O–H groups in total. The molecule has 17 nitrogen and oxygen atoms in total. The third-order valence-electron chi connectivity index (χ3n) is 9.98. The minimum absolute atomic E-state index is 0.0356. The summed E-state index contributed by atoms with van der Waals surface area (Å²) in [5.41, 5.74) is -1.13. The number of hydrogen-bond acceptors (Lipinski definition) is 14. The highest BCUT2D eigenvalue weighted by molar-refractivity contribution is 6.01. The first-order valence-electron chi connectivity index (χ1n) is 24.3. The molecule has 0 radical (unpaired) electrons. The zero-order valence-corrected chi connectivity index (χ0v) is 40.9. The van der Waals surface area contributed by atoms with Crippen LogP contribution in [0.2, 0.25) is 0 Å². The molecule has 1 fully saturated rings. The van der Waals surface area contributed by atoms with E-state index in [9.17, 15) is 33.6 Å². The number of hydrogen-bond donors (Lipinski definition) is 2. The van der Waals surface area contributed by atoms with Gasteiger partial charge in [0.1, 0.15) is 17.2 Å². The van der Waals surface area contributed by atoms with Gasteiger partial charge >= 0.3 is 17.9 Å². The van der Waals surface area contributed by atoms with Crippen LogP contribution in [0.5, 0.6) is 0 Å². The monoisotopic (exact) mass is 928 g/mol. The van der Waals surface area contributed by atoms with Crippen LogP contribution in [0.3, 0.4) is 0 Å². The van der Waals surface area contributed by atoms with Gasteiger partial charge in [-0.3, -0.25) is 24.0 Å². The number of unbranched alkanes of at least 4 members (excludes halogenated alkanes) is 15. The largest absolute Gasteiger partial charge is 0.460 e. The third kappa shape index (κ3) is 36.2. The predicted octanol–water partition coefficient (Wildman–Crippen LogP) is 7.14. The van der Waals surface area contributed by atoms with E-state index in [1.807, 2.05) is 20.8 Å². The van der Waals surface area contributed by atoms with Crippen LogP contribution in [0.25, 0.3) is 0 Å². The standard InChI is InChI=1S/C48H85N3O14/c1-47(2,3)63-44(56)24-22-20-18-16-14-12-10-8-7-9-11-13-15-17-19-21-23-41(53)50-39(46(58)64-48(4,5)6)25-26-40(52)49-30-32-60-34-36-62-38-37-61-35-33-59-31-29-45(57)65-51-42(54)27-28-43(51)55/h39H,7-38H2,1-6H3,(H,49,52)(H,50,53)/t39-/m0/s1. The summed E-state index contributed by atoms with van der Waals surface area (Å²) in [6.45, 7) is 13.5. The lowest BCUT2D eigenvalue weighted by molar-refractivity contribution is -0.198.